The molecular weight excluding hydrogens is 436 g/mol. The standard InChI is InChI=1S/C25H28N4O3S/c1-20-9-15-24(16-10-20)33(31,32)29(18-22-7-5-4-6-8-22)19-25(30)27-26-17-21-11-13-23(14-12-21)28(2)3/h4-17H,18-19H2,1-3H3,(H,27,30)/b26-17+. The van der Waals surface area contributed by atoms with Crippen LogP contribution in [0.5, 0.6) is 0 Å². The third kappa shape index (κ3) is 6.74. The second-order valence-electron chi connectivity index (χ2n) is 7.85. The summed E-state index contributed by atoms with van der Waals surface area (Å²) in [7, 11) is 0.0218. The van der Waals surface area contributed by atoms with E-state index in [1.165, 1.54) is 6.21 Å². The number of anilines is 1. The summed E-state index contributed by atoms with van der Waals surface area (Å²) in [5.41, 5.74) is 6.03. The minimum atomic E-state index is -3.89. The van der Waals surface area contributed by atoms with E-state index in [2.05, 4.69) is 10.5 Å². The van der Waals surface area contributed by atoms with Crippen LogP contribution in [0.1, 0.15) is 16.7 Å². The van der Waals surface area contributed by atoms with Gasteiger partial charge in [0.1, 0.15) is 0 Å². The highest BCUT2D eigenvalue weighted by Gasteiger charge is 2.26. The number of amides is 1. The van der Waals surface area contributed by atoms with Gasteiger partial charge in [-0.25, -0.2) is 13.8 Å². The molecule has 0 spiro atoms. The van der Waals surface area contributed by atoms with Gasteiger partial charge in [0.2, 0.25) is 10.0 Å². The molecule has 0 unspecified atom stereocenters. The Balaban J connectivity index is 1.73. The molecule has 3 aromatic rings. The van der Waals surface area contributed by atoms with Gasteiger partial charge in [-0.2, -0.15) is 9.41 Å². The van der Waals surface area contributed by atoms with Gasteiger partial charge in [0.15, 0.2) is 0 Å². The molecule has 1 N–H and O–H groups in total. The second kappa shape index (κ2) is 10.9. The lowest BCUT2D eigenvalue weighted by Gasteiger charge is -2.21. The Kier molecular flexibility index (Phi) is 7.97. The van der Waals surface area contributed by atoms with Crippen LogP contribution < -0.4 is 10.3 Å². The molecular formula is C25H28N4O3S. The van der Waals surface area contributed by atoms with Gasteiger partial charge in [-0.1, -0.05) is 60.2 Å². The van der Waals surface area contributed by atoms with E-state index in [0.29, 0.717) is 0 Å². The van der Waals surface area contributed by atoms with Gasteiger partial charge in [-0.15, -0.1) is 0 Å². The number of hydrazone groups is 1. The number of aryl methyl sites for hydroxylation is 1. The molecule has 0 fully saturated rings. The zero-order valence-electron chi connectivity index (χ0n) is 19.0. The normalized spacial score (nSPS) is 11.6. The van der Waals surface area contributed by atoms with Crippen LogP contribution in [-0.4, -0.2) is 45.5 Å². The molecule has 0 bridgehead atoms. The van der Waals surface area contributed by atoms with Gasteiger partial charge in [-0.05, 0) is 42.3 Å². The Morgan fingerprint density at radius 2 is 1.58 bits per heavy atom. The van der Waals surface area contributed by atoms with Gasteiger partial charge in [0.25, 0.3) is 5.91 Å². The predicted molar refractivity (Wildman–Crippen MR) is 132 cm³/mol. The topological polar surface area (TPSA) is 82.1 Å². The van der Waals surface area contributed by atoms with E-state index in [0.717, 1.165) is 26.7 Å². The molecule has 3 aromatic carbocycles. The Bertz CT molecular complexity index is 1190. The van der Waals surface area contributed by atoms with Crippen LogP contribution in [0.4, 0.5) is 5.69 Å². The Labute approximate surface area is 195 Å². The summed E-state index contributed by atoms with van der Waals surface area (Å²) < 4.78 is 27.7. The maximum atomic E-state index is 13.3. The van der Waals surface area contributed by atoms with Crippen LogP contribution >= 0.6 is 0 Å². The third-order valence-electron chi connectivity index (χ3n) is 4.99. The summed E-state index contributed by atoms with van der Waals surface area (Å²) in [5, 5.41) is 3.98. The lowest BCUT2D eigenvalue weighted by Crippen LogP contribution is -2.39. The summed E-state index contributed by atoms with van der Waals surface area (Å²) in [6, 6.07) is 23.4. The van der Waals surface area contributed by atoms with E-state index in [4.69, 9.17) is 0 Å². The van der Waals surface area contributed by atoms with E-state index < -0.39 is 15.9 Å². The maximum absolute atomic E-state index is 13.3. The minimum absolute atomic E-state index is 0.0696. The first-order valence-corrected chi connectivity index (χ1v) is 11.9. The average molecular weight is 465 g/mol. The number of hydrogen-bond donors (Lipinski definition) is 1. The smallest absolute Gasteiger partial charge is 0.255 e. The van der Waals surface area contributed by atoms with Crippen LogP contribution in [0.25, 0.3) is 0 Å². The molecule has 0 heterocycles. The summed E-state index contributed by atoms with van der Waals surface area (Å²) in [6.07, 6.45) is 1.52. The zero-order valence-corrected chi connectivity index (χ0v) is 19.8. The number of nitrogens with zero attached hydrogens (tertiary/aromatic N) is 3. The van der Waals surface area contributed by atoms with E-state index >= 15 is 0 Å². The molecule has 0 radical (unpaired) electrons. The Morgan fingerprint density at radius 3 is 2.18 bits per heavy atom. The average Bonchev–Trinajstić information content (AvgIpc) is 2.80. The van der Waals surface area contributed by atoms with Gasteiger partial charge >= 0.3 is 0 Å². The fourth-order valence-electron chi connectivity index (χ4n) is 3.11. The second-order valence-corrected chi connectivity index (χ2v) is 9.79. The van der Waals surface area contributed by atoms with Crippen molar-refractivity contribution in [3.05, 3.63) is 95.6 Å². The number of benzene rings is 3. The maximum Gasteiger partial charge on any atom is 0.255 e. The Morgan fingerprint density at radius 1 is 0.939 bits per heavy atom. The van der Waals surface area contributed by atoms with Crippen molar-refractivity contribution in [1.29, 1.82) is 0 Å². The molecule has 0 aliphatic carbocycles. The molecule has 3 rings (SSSR count). The van der Waals surface area contributed by atoms with Crippen molar-refractivity contribution in [2.24, 2.45) is 5.10 Å². The first-order valence-electron chi connectivity index (χ1n) is 10.5. The molecule has 0 saturated carbocycles. The van der Waals surface area contributed by atoms with Crippen molar-refractivity contribution < 1.29 is 13.2 Å². The number of carbonyl (C=O) groups is 1. The van der Waals surface area contributed by atoms with E-state index in [-0.39, 0.29) is 18.0 Å². The van der Waals surface area contributed by atoms with E-state index in [1.807, 2.05) is 80.5 Å². The van der Waals surface area contributed by atoms with Crippen molar-refractivity contribution in [3.8, 4) is 0 Å². The van der Waals surface area contributed by atoms with E-state index in [9.17, 15) is 13.2 Å². The minimum Gasteiger partial charge on any atom is -0.378 e. The summed E-state index contributed by atoms with van der Waals surface area (Å²) >= 11 is 0. The molecule has 0 aliphatic rings. The lowest BCUT2D eigenvalue weighted by atomic mass is 10.2. The molecule has 1 amide bonds. The van der Waals surface area contributed by atoms with Gasteiger partial charge in [-0.3, -0.25) is 4.79 Å². The number of carbonyl (C=O) groups excluding carboxylic acids is 1. The lowest BCUT2D eigenvalue weighted by molar-refractivity contribution is -0.121. The molecule has 0 aliphatic heterocycles. The highest BCUT2D eigenvalue weighted by molar-refractivity contribution is 7.89. The number of nitrogens with one attached hydrogen (secondary N) is 1. The molecule has 172 valence electrons. The Hall–Kier alpha value is -3.49. The zero-order chi connectivity index (χ0) is 23.8. The fourth-order valence-corrected chi connectivity index (χ4v) is 4.49. The SMILES string of the molecule is Cc1ccc(S(=O)(=O)N(CC(=O)N/N=C/c2ccc(N(C)C)cc2)Cc2ccccc2)cc1. The molecule has 0 aromatic heterocycles. The fraction of sp³-hybridized carbons (Fsp3) is 0.200. The van der Waals surface area contributed by atoms with Gasteiger partial charge in [0, 0.05) is 26.3 Å². The largest absolute Gasteiger partial charge is 0.378 e. The highest BCUT2D eigenvalue weighted by atomic mass is 32.2. The van der Waals surface area contributed by atoms with Gasteiger partial charge < -0.3 is 4.90 Å². The quantitative estimate of drug-likeness (QED) is 0.389. The third-order valence-corrected chi connectivity index (χ3v) is 6.80. The van der Waals surface area contributed by atoms with Crippen LogP contribution in [0.15, 0.2) is 88.9 Å². The van der Waals surface area contributed by atoms with E-state index in [1.54, 1.807) is 24.3 Å². The monoisotopic (exact) mass is 464 g/mol. The number of sulfonamides is 1. The van der Waals surface area contributed by atoms with Crippen LogP contribution in [0, 0.1) is 6.92 Å². The molecule has 33 heavy (non-hydrogen) atoms. The first kappa shape index (κ1) is 24.2. The predicted octanol–water partition coefficient (Wildman–Crippen LogP) is 3.40. The molecule has 0 atom stereocenters. The summed E-state index contributed by atoms with van der Waals surface area (Å²) in [6.45, 7) is 1.60. The number of hydrogen-bond acceptors (Lipinski definition) is 5. The summed E-state index contributed by atoms with van der Waals surface area (Å²) in [4.78, 5) is 14.7. The van der Waals surface area contributed by atoms with Crippen LogP contribution in [0.2, 0.25) is 0 Å². The molecule has 7 nitrogen and oxygen atoms in total. The van der Waals surface area contributed by atoms with Crippen molar-refractivity contribution in [2.75, 3.05) is 25.5 Å². The van der Waals surface area contributed by atoms with Crippen molar-refractivity contribution in [3.63, 3.8) is 0 Å². The van der Waals surface area contributed by atoms with Crippen molar-refractivity contribution >= 4 is 27.8 Å². The molecule has 0 saturated heterocycles. The first-order chi connectivity index (χ1) is 15.8. The van der Waals surface area contributed by atoms with Gasteiger partial charge in [0.05, 0.1) is 17.7 Å². The number of rotatable bonds is 9. The van der Waals surface area contributed by atoms with Crippen LogP contribution in [0.3, 0.4) is 0 Å². The van der Waals surface area contributed by atoms with Crippen molar-refractivity contribution in [1.82, 2.24) is 9.73 Å². The van der Waals surface area contributed by atoms with Crippen LogP contribution in [-0.2, 0) is 21.4 Å². The van der Waals surface area contributed by atoms with Crippen molar-refractivity contribution in [2.45, 2.75) is 18.4 Å². The summed E-state index contributed by atoms with van der Waals surface area (Å²) in [5.74, 6) is -0.525. The highest BCUT2D eigenvalue weighted by Crippen LogP contribution is 2.19. The molecule has 8 heteroatoms.